The summed E-state index contributed by atoms with van der Waals surface area (Å²) in [5, 5.41) is 12.2. The molecule has 0 radical (unpaired) electrons. The van der Waals surface area contributed by atoms with Gasteiger partial charge in [-0.3, -0.25) is 4.98 Å². The maximum absolute atomic E-state index is 11.0. The van der Waals surface area contributed by atoms with Gasteiger partial charge in [0, 0.05) is 18.9 Å². The first kappa shape index (κ1) is 13.5. The van der Waals surface area contributed by atoms with Crippen LogP contribution >= 0.6 is 0 Å². The van der Waals surface area contributed by atoms with Crippen molar-refractivity contribution in [2.24, 2.45) is 11.3 Å². The van der Waals surface area contributed by atoms with Crippen molar-refractivity contribution < 1.29 is 9.90 Å². The molecule has 1 heterocycles. The van der Waals surface area contributed by atoms with E-state index in [9.17, 15) is 4.79 Å². The van der Waals surface area contributed by atoms with Crippen LogP contribution in [0.4, 0.5) is 5.69 Å². The van der Waals surface area contributed by atoms with Gasteiger partial charge < -0.3 is 10.4 Å². The molecule has 0 fully saturated rings. The third kappa shape index (κ3) is 3.73. The van der Waals surface area contributed by atoms with E-state index in [1.807, 2.05) is 0 Å². The highest BCUT2D eigenvalue weighted by molar-refractivity contribution is 5.93. The Morgan fingerprint density at radius 3 is 2.71 bits per heavy atom. The molecule has 1 unspecified atom stereocenters. The number of pyridine rings is 1. The van der Waals surface area contributed by atoms with Crippen molar-refractivity contribution in [1.82, 2.24) is 4.98 Å². The Hall–Kier alpha value is -1.58. The van der Waals surface area contributed by atoms with Gasteiger partial charge in [0.25, 0.3) is 0 Å². The summed E-state index contributed by atoms with van der Waals surface area (Å²) in [6.07, 6.45) is 2.96. The van der Waals surface area contributed by atoms with Crippen molar-refractivity contribution in [3.05, 3.63) is 24.0 Å². The number of rotatable bonds is 4. The summed E-state index contributed by atoms with van der Waals surface area (Å²) in [5.41, 5.74) is 1.04. The number of carbonyl (C=O) groups is 1. The van der Waals surface area contributed by atoms with Crippen LogP contribution < -0.4 is 5.32 Å². The number of aromatic carboxylic acids is 1. The van der Waals surface area contributed by atoms with Gasteiger partial charge in [0.05, 0.1) is 5.69 Å². The summed E-state index contributed by atoms with van der Waals surface area (Å²) in [4.78, 5) is 14.8. The Labute approximate surface area is 102 Å². The number of carboxylic acids is 1. The summed E-state index contributed by atoms with van der Waals surface area (Å²) < 4.78 is 0. The number of nitrogens with one attached hydrogen (secondary N) is 1. The molecular formula is C13H20N2O2. The average molecular weight is 236 g/mol. The second kappa shape index (κ2) is 5.17. The fourth-order valence-electron chi connectivity index (χ4n) is 1.29. The summed E-state index contributed by atoms with van der Waals surface area (Å²) in [6.45, 7) is 9.40. The number of anilines is 1. The predicted octanol–water partition coefficient (Wildman–Crippen LogP) is 2.87. The van der Waals surface area contributed by atoms with E-state index in [-0.39, 0.29) is 11.0 Å². The van der Waals surface area contributed by atoms with Gasteiger partial charge in [-0.15, -0.1) is 0 Å². The maximum Gasteiger partial charge on any atom is 0.339 e. The van der Waals surface area contributed by atoms with Gasteiger partial charge in [-0.1, -0.05) is 27.7 Å². The van der Waals surface area contributed by atoms with Crippen LogP contribution in [0, 0.1) is 11.3 Å². The Bertz CT molecular complexity index is 397. The third-order valence-corrected chi connectivity index (χ3v) is 3.13. The van der Waals surface area contributed by atoms with Gasteiger partial charge in [-0.05, 0) is 17.4 Å². The van der Waals surface area contributed by atoms with Gasteiger partial charge in [-0.2, -0.15) is 0 Å². The van der Waals surface area contributed by atoms with Gasteiger partial charge >= 0.3 is 5.97 Å². The van der Waals surface area contributed by atoms with E-state index in [1.54, 1.807) is 12.3 Å². The van der Waals surface area contributed by atoms with Crippen molar-refractivity contribution in [2.75, 3.05) is 11.9 Å². The zero-order valence-electron chi connectivity index (χ0n) is 10.8. The first-order valence-corrected chi connectivity index (χ1v) is 5.73. The normalized spacial score (nSPS) is 13.2. The van der Waals surface area contributed by atoms with Crippen LogP contribution in [0.25, 0.3) is 0 Å². The van der Waals surface area contributed by atoms with Crippen molar-refractivity contribution in [3.8, 4) is 0 Å². The van der Waals surface area contributed by atoms with Gasteiger partial charge in [0.15, 0.2) is 0 Å². The average Bonchev–Trinajstić information content (AvgIpc) is 2.24. The SMILES string of the molecule is CC(CNc1ccncc1C(=O)O)C(C)(C)C. The van der Waals surface area contributed by atoms with Crippen LogP contribution in [0.15, 0.2) is 18.5 Å². The molecule has 94 valence electrons. The monoisotopic (exact) mass is 236 g/mol. The summed E-state index contributed by atoms with van der Waals surface area (Å²) in [5.74, 6) is -0.513. The molecule has 0 saturated carbocycles. The molecule has 1 aromatic rings. The molecule has 0 aromatic carbocycles. The van der Waals surface area contributed by atoms with E-state index in [1.165, 1.54) is 6.20 Å². The molecule has 0 saturated heterocycles. The smallest absolute Gasteiger partial charge is 0.339 e. The molecule has 0 spiro atoms. The minimum absolute atomic E-state index is 0.198. The lowest BCUT2D eigenvalue weighted by atomic mass is 9.82. The minimum Gasteiger partial charge on any atom is -0.478 e. The molecule has 1 atom stereocenters. The summed E-state index contributed by atoms with van der Waals surface area (Å²) in [7, 11) is 0. The fourth-order valence-corrected chi connectivity index (χ4v) is 1.29. The van der Waals surface area contributed by atoms with E-state index < -0.39 is 5.97 Å². The predicted molar refractivity (Wildman–Crippen MR) is 68.3 cm³/mol. The van der Waals surface area contributed by atoms with Crippen molar-refractivity contribution in [3.63, 3.8) is 0 Å². The standard InChI is InChI=1S/C13H20N2O2/c1-9(13(2,3)4)7-15-11-5-6-14-8-10(11)12(16)17/h5-6,8-9H,7H2,1-4H3,(H,14,15)(H,16,17). The molecular weight excluding hydrogens is 216 g/mol. The van der Waals surface area contributed by atoms with Crippen molar-refractivity contribution >= 4 is 11.7 Å². The second-order valence-electron chi connectivity index (χ2n) is 5.37. The first-order chi connectivity index (χ1) is 7.82. The number of nitrogens with zero attached hydrogens (tertiary/aromatic N) is 1. The first-order valence-electron chi connectivity index (χ1n) is 5.73. The van der Waals surface area contributed by atoms with Gasteiger partial charge in [0.1, 0.15) is 5.56 Å². The number of aromatic nitrogens is 1. The van der Waals surface area contributed by atoms with E-state index >= 15 is 0 Å². The lowest BCUT2D eigenvalue weighted by molar-refractivity contribution is 0.0697. The second-order valence-corrected chi connectivity index (χ2v) is 5.37. The summed E-state index contributed by atoms with van der Waals surface area (Å²) in [6, 6.07) is 1.69. The molecule has 17 heavy (non-hydrogen) atoms. The molecule has 0 aliphatic heterocycles. The van der Waals surface area contributed by atoms with E-state index in [0.29, 0.717) is 11.6 Å². The number of hydrogen-bond donors (Lipinski definition) is 2. The lowest BCUT2D eigenvalue weighted by Gasteiger charge is -2.27. The fraction of sp³-hybridized carbons (Fsp3) is 0.538. The Balaban J connectivity index is 2.73. The van der Waals surface area contributed by atoms with E-state index in [0.717, 1.165) is 6.54 Å². The number of hydrogen-bond acceptors (Lipinski definition) is 3. The lowest BCUT2D eigenvalue weighted by Crippen LogP contribution is -2.25. The highest BCUT2D eigenvalue weighted by Crippen LogP contribution is 2.26. The van der Waals surface area contributed by atoms with Crippen molar-refractivity contribution in [2.45, 2.75) is 27.7 Å². The molecule has 4 nitrogen and oxygen atoms in total. The van der Waals surface area contributed by atoms with E-state index in [4.69, 9.17) is 5.11 Å². The quantitative estimate of drug-likeness (QED) is 0.843. The van der Waals surface area contributed by atoms with Gasteiger partial charge in [0.2, 0.25) is 0 Å². The van der Waals surface area contributed by atoms with E-state index in [2.05, 4.69) is 38.0 Å². The molecule has 0 amide bonds. The molecule has 1 rings (SSSR count). The maximum atomic E-state index is 11.0. The van der Waals surface area contributed by atoms with Crippen LogP contribution in [0.2, 0.25) is 0 Å². The van der Waals surface area contributed by atoms with Gasteiger partial charge in [-0.25, -0.2) is 4.79 Å². The van der Waals surface area contributed by atoms with Crippen LogP contribution in [0.3, 0.4) is 0 Å². The van der Waals surface area contributed by atoms with Crippen LogP contribution in [-0.2, 0) is 0 Å². The van der Waals surface area contributed by atoms with Crippen LogP contribution in [0.5, 0.6) is 0 Å². The molecule has 4 heteroatoms. The third-order valence-electron chi connectivity index (χ3n) is 3.13. The topological polar surface area (TPSA) is 62.2 Å². The Morgan fingerprint density at radius 1 is 1.53 bits per heavy atom. The molecule has 1 aromatic heterocycles. The summed E-state index contributed by atoms with van der Waals surface area (Å²) >= 11 is 0. The molecule has 0 aliphatic rings. The minimum atomic E-state index is -0.955. The Kier molecular flexibility index (Phi) is 4.10. The molecule has 0 aliphatic carbocycles. The van der Waals surface area contributed by atoms with Crippen molar-refractivity contribution in [1.29, 1.82) is 0 Å². The largest absolute Gasteiger partial charge is 0.478 e. The Morgan fingerprint density at radius 2 is 2.18 bits per heavy atom. The number of carboxylic acid groups (broad SMARTS) is 1. The molecule has 0 bridgehead atoms. The zero-order valence-corrected chi connectivity index (χ0v) is 10.8. The zero-order chi connectivity index (χ0) is 13.1. The van der Waals surface area contributed by atoms with Crippen LogP contribution in [-0.4, -0.2) is 22.6 Å². The highest BCUT2D eigenvalue weighted by atomic mass is 16.4. The highest BCUT2D eigenvalue weighted by Gasteiger charge is 2.20. The van der Waals surface area contributed by atoms with Crippen LogP contribution in [0.1, 0.15) is 38.1 Å². The molecule has 2 N–H and O–H groups in total.